The van der Waals surface area contributed by atoms with Crippen LogP contribution in [0.5, 0.6) is 11.5 Å². The van der Waals surface area contributed by atoms with Gasteiger partial charge in [-0.05, 0) is 17.7 Å². The van der Waals surface area contributed by atoms with E-state index in [1.165, 1.54) is 20.3 Å². The number of aliphatic imine (C=N–C) groups is 1. The fourth-order valence-electron chi connectivity index (χ4n) is 2.74. The maximum Gasteiger partial charge on any atom is 0.338 e. The summed E-state index contributed by atoms with van der Waals surface area (Å²) < 4.78 is 16.6. The lowest BCUT2D eigenvalue weighted by Gasteiger charge is -2.13. The lowest BCUT2D eigenvalue weighted by atomic mass is 10.1. The molecule has 2 aromatic carbocycles. The zero-order valence-corrected chi connectivity index (χ0v) is 19.4. The van der Waals surface area contributed by atoms with E-state index in [0.717, 1.165) is 22.2 Å². The maximum atomic E-state index is 12.6. The van der Waals surface area contributed by atoms with E-state index in [-0.39, 0.29) is 0 Å². The lowest BCUT2D eigenvalue weighted by molar-refractivity contribution is -0.119. The van der Waals surface area contributed by atoms with E-state index in [1.807, 2.05) is 12.1 Å². The number of halogens is 1. The van der Waals surface area contributed by atoms with Crippen molar-refractivity contribution >= 4 is 57.1 Å². The molecule has 1 amide bonds. The molecule has 7 nitrogen and oxygen atoms in total. The van der Waals surface area contributed by atoms with Crippen LogP contribution in [-0.4, -0.2) is 49.4 Å². The summed E-state index contributed by atoms with van der Waals surface area (Å²) in [6.07, 6.45) is 0. The average molecular weight is 481 g/mol. The van der Waals surface area contributed by atoms with Gasteiger partial charge in [-0.3, -0.25) is 9.79 Å². The zero-order chi connectivity index (χ0) is 22.2. The fraction of sp³-hybridized carbons (Fsp3) is 0.286. The minimum atomic E-state index is -0.563. The number of hydrogen-bond donors (Lipinski definition) is 1. The van der Waals surface area contributed by atoms with Gasteiger partial charge in [0.05, 0.1) is 37.0 Å². The molecular formula is C21H21ClN2O5S2. The van der Waals surface area contributed by atoms with Crippen molar-refractivity contribution in [3.8, 4) is 11.5 Å². The molecule has 31 heavy (non-hydrogen) atoms. The smallest absolute Gasteiger partial charge is 0.338 e. The number of esters is 1. The Morgan fingerprint density at radius 2 is 1.97 bits per heavy atom. The summed E-state index contributed by atoms with van der Waals surface area (Å²) in [6, 6.07) is 10.2. The summed E-state index contributed by atoms with van der Waals surface area (Å²) in [5, 5.41) is 2.95. The summed E-state index contributed by atoms with van der Waals surface area (Å²) in [7, 11) is 2.94. The molecule has 0 bridgehead atoms. The van der Waals surface area contributed by atoms with Crippen molar-refractivity contribution in [3.63, 3.8) is 0 Å². The van der Waals surface area contributed by atoms with Crippen LogP contribution in [0.15, 0.2) is 41.4 Å². The number of benzene rings is 2. The second kappa shape index (κ2) is 11.3. The summed E-state index contributed by atoms with van der Waals surface area (Å²) in [5.41, 5.74) is 1.61. The summed E-state index contributed by atoms with van der Waals surface area (Å²) >= 11 is 9.42. The molecule has 0 atom stereocenters. The molecule has 1 aliphatic heterocycles. The number of ether oxygens (including phenoxy) is 3. The highest BCUT2D eigenvalue weighted by Gasteiger charge is 2.17. The zero-order valence-electron chi connectivity index (χ0n) is 17.0. The van der Waals surface area contributed by atoms with Gasteiger partial charge < -0.3 is 19.5 Å². The second-order valence-corrected chi connectivity index (χ2v) is 8.97. The summed E-state index contributed by atoms with van der Waals surface area (Å²) in [5.74, 6) is 1.30. The Kier molecular flexibility index (Phi) is 8.51. The van der Waals surface area contributed by atoms with Crippen molar-refractivity contribution in [2.24, 2.45) is 4.99 Å². The Morgan fingerprint density at radius 1 is 1.19 bits per heavy atom. The van der Waals surface area contributed by atoms with Crippen LogP contribution >= 0.6 is 35.1 Å². The van der Waals surface area contributed by atoms with E-state index in [0.29, 0.717) is 33.5 Å². The first-order valence-corrected chi connectivity index (χ1v) is 11.6. The van der Waals surface area contributed by atoms with Crippen molar-refractivity contribution in [3.05, 3.63) is 52.5 Å². The minimum Gasteiger partial charge on any atom is -0.495 e. The Balaban J connectivity index is 1.60. The normalized spacial score (nSPS) is 12.8. The summed E-state index contributed by atoms with van der Waals surface area (Å²) in [6.45, 7) is 0.381. The van der Waals surface area contributed by atoms with Crippen molar-refractivity contribution in [1.29, 1.82) is 0 Å². The number of anilines is 1. The van der Waals surface area contributed by atoms with E-state index in [9.17, 15) is 9.59 Å². The highest BCUT2D eigenvalue weighted by atomic mass is 35.5. The SMILES string of the molecule is COc1cc(OC)c(NC(=O)COC(=O)c2ccccc2CSC2=NCCS2)cc1Cl. The number of carbonyl (C=O) groups excluding carboxylic acids is 2. The molecule has 0 aliphatic carbocycles. The van der Waals surface area contributed by atoms with Crippen molar-refractivity contribution < 1.29 is 23.8 Å². The molecule has 164 valence electrons. The van der Waals surface area contributed by atoms with E-state index in [2.05, 4.69) is 10.3 Å². The predicted molar refractivity (Wildman–Crippen MR) is 126 cm³/mol. The first-order valence-electron chi connectivity index (χ1n) is 9.28. The topological polar surface area (TPSA) is 86.2 Å². The first-order chi connectivity index (χ1) is 15.0. The van der Waals surface area contributed by atoms with Crippen molar-refractivity contribution in [2.75, 3.05) is 38.4 Å². The average Bonchev–Trinajstić information content (AvgIpc) is 3.30. The van der Waals surface area contributed by atoms with Gasteiger partial charge >= 0.3 is 5.97 Å². The Hall–Kier alpha value is -2.36. The number of nitrogens with zero attached hydrogens (tertiary/aromatic N) is 1. The number of methoxy groups -OCH3 is 2. The van der Waals surface area contributed by atoms with E-state index < -0.39 is 18.5 Å². The van der Waals surface area contributed by atoms with Gasteiger partial charge in [0.1, 0.15) is 15.9 Å². The van der Waals surface area contributed by atoms with Gasteiger partial charge in [0.25, 0.3) is 5.91 Å². The number of thioether (sulfide) groups is 2. The van der Waals surface area contributed by atoms with Crippen LogP contribution in [0, 0.1) is 0 Å². The predicted octanol–water partition coefficient (Wildman–Crippen LogP) is 4.49. The third-order valence-corrected chi connectivity index (χ3v) is 6.83. The van der Waals surface area contributed by atoms with Crippen LogP contribution in [0.3, 0.4) is 0 Å². The molecular weight excluding hydrogens is 460 g/mol. The fourth-order valence-corrected chi connectivity index (χ4v) is 4.99. The number of nitrogens with one attached hydrogen (secondary N) is 1. The number of carbonyl (C=O) groups is 2. The molecule has 0 aromatic heterocycles. The molecule has 0 fully saturated rings. The van der Waals surface area contributed by atoms with E-state index in [4.69, 9.17) is 25.8 Å². The molecule has 3 rings (SSSR count). The Labute approximate surface area is 193 Å². The molecule has 0 radical (unpaired) electrons. The molecule has 0 saturated heterocycles. The van der Waals surface area contributed by atoms with Crippen LogP contribution in [0.1, 0.15) is 15.9 Å². The minimum absolute atomic E-state index is 0.312. The highest BCUT2D eigenvalue weighted by Crippen LogP contribution is 2.35. The van der Waals surface area contributed by atoms with Gasteiger partial charge in [0.15, 0.2) is 6.61 Å². The van der Waals surface area contributed by atoms with Gasteiger partial charge in [-0.15, -0.1) is 0 Å². The molecule has 0 saturated carbocycles. The molecule has 0 unspecified atom stereocenters. The van der Waals surface area contributed by atoms with E-state index in [1.54, 1.807) is 41.7 Å². The van der Waals surface area contributed by atoms with Gasteiger partial charge in [-0.25, -0.2) is 4.79 Å². The van der Waals surface area contributed by atoms with Crippen LogP contribution in [0.2, 0.25) is 5.02 Å². The van der Waals surface area contributed by atoms with E-state index >= 15 is 0 Å². The number of rotatable bonds is 8. The molecule has 1 heterocycles. The summed E-state index contributed by atoms with van der Waals surface area (Å²) in [4.78, 5) is 29.3. The molecule has 0 spiro atoms. The Bertz CT molecular complexity index is 1000. The number of hydrogen-bond acceptors (Lipinski definition) is 8. The maximum absolute atomic E-state index is 12.6. The van der Waals surface area contributed by atoms with Crippen molar-refractivity contribution in [2.45, 2.75) is 5.75 Å². The molecule has 1 aliphatic rings. The molecule has 2 aromatic rings. The van der Waals surface area contributed by atoms with Crippen molar-refractivity contribution in [1.82, 2.24) is 0 Å². The number of amides is 1. The second-order valence-electron chi connectivity index (χ2n) is 6.25. The van der Waals surface area contributed by atoms with Crippen LogP contribution < -0.4 is 14.8 Å². The van der Waals surface area contributed by atoms with Gasteiger partial charge in [0.2, 0.25) is 0 Å². The monoisotopic (exact) mass is 480 g/mol. The van der Waals surface area contributed by atoms with Crippen LogP contribution in [-0.2, 0) is 15.3 Å². The van der Waals surface area contributed by atoms with Gasteiger partial charge in [0, 0.05) is 17.6 Å². The first kappa shape index (κ1) is 23.3. The largest absolute Gasteiger partial charge is 0.495 e. The quantitative estimate of drug-likeness (QED) is 0.557. The third-order valence-electron chi connectivity index (χ3n) is 4.23. The van der Waals surface area contributed by atoms with Gasteiger partial charge in [-0.1, -0.05) is 53.3 Å². The third kappa shape index (κ3) is 6.32. The highest BCUT2D eigenvalue weighted by molar-refractivity contribution is 8.38. The van der Waals surface area contributed by atoms with Crippen LogP contribution in [0.4, 0.5) is 5.69 Å². The standard InChI is InChI=1S/C21H21ClN2O5S2/c1-27-17-10-18(28-2)16(9-15(17)22)24-19(25)11-29-20(26)14-6-4-3-5-13(14)12-31-21-23-7-8-30-21/h3-6,9-10H,7-8,11-12H2,1-2H3,(H,24,25). The molecule has 1 N–H and O–H groups in total. The van der Waals surface area contributed by atoms with Crippen LogP contribution in [0.25, 0.3) is 0 Å². The molecule has 10 heteroatoms. The van der Waals surface area contributed by atoms with Gasteiger partial charge in [-0.2, -0.15) is 0 Å². The lowest BCUT2D eigenvalue weighted by Crippen LogP contribution is -2.21. The Morgan fingerprint density at radius 3 is 2.68 bits per heavy atom.